The number of benzene rings is 2. The summed E-state index contributed by atoms with van der Waals surface area (Å²) in [6.45, 7) is 0.166. The molecule has 2 rings (SSSR count). The lowest BCUT2D eigenvalue weighted by atomic mass is 10.2. The average molecular weight is 307 g/mol. The standard InChI is InChI=1S/C16H12Cl2O2/c17-15-8-2-6-13(16(15)18)11-20-14-7-1-4-12(10-14)5-3-9-19/h1-2,4,6-8,10,19H,9,11H2. The van der Waals surface area contributed by atoms with Gasteiger partial charge in [-0.1, -0.05) is 53.2 Å². The largest absolute Gasteiger partial charge is 0.489 e. The van der Waals surface area contributed by atoms with E-state index in [2.05, 4.69) is 11.8 Å². The highest BCUT2D eigenvalue weighted by Gasteiger charge is 2.05. The molecule has 0 aromatic heterocycles. The number of hydrogen-bond donors (Lipinski definition) is 1. The Bertz CT molecular complexity index is 657. The van der Waals surface area contributed by atoms with Crippen molar-refractivity contribution >= 4 is 23.2 Å². The molecule has 0 atom stereocenters. The van der Waals surface area contributed by atoms with E-state index < -0.39 is 0 Å². The highest BCUT2D eigenvalue weighted by Crippen LogP contribution is 2.26. The molecule has 0 aliphatic carbocycles. The summed E-state index contributed by atoms with van der Waals surface area (Å²) in [6, 6.07) is 12.8. The van der Waals surface area contributed by atoms with Gasteiger partial charge in [0.05, 0.1) is 10.0 Å². The van der Waals surface area contributed by atoms with Gasteiger partial charge in [-0.05, 0) is 24.3 Å². The van der Waals surface area contributed by atoms with Crippen molar-refractivity contribution < 1.29 is 9.84 Å². The molecule has 0 aliphatic rings. The van der Waals surface area contributed by atoms with Crippen LogP contribution < -0.4 is 4.74 Å². The van der Waals surface area contributed by atoms with E-state index >= 15 is 0 Å². The minimum absolute atomic E-state index is 0.163. The van der Waals surface area contributed by atoms with Crippen molar-refractivity contribution in [2.75, 3.05) is 6.61 Å². The molecule has 0 unspecified atom stereocenters. The van der Waals surface area contributed by atoms with E-state index in [9.17, 15) is 0 Å². The fourth-order valence-corrected chi connectivity index (χ4v) is 2.00. The Balaban J connectivity index is 2.09. The van der Waals surface area contributed by atoms with Gasteiger partial charge in [-0.25, -0.2) is 0 Å². The summed E-state index contributed by atoms with van der Waals surface area (Å²) in [6.07, 6.45) is 0. The fraction of sp³-hybridized carbons (Fsp3) is 0.125. The third kappa shape index (κ3) is 3.91. The molecular formula is C16H12Cl2O2. The Morgan fingerprint density at radius 1 is 1.10 bits per heavy atom. The molecule has 2 aromatic carbocycles. The van der Waals surface area contributed by atoms with Gasteiger partial charge < -0.3 is 9.84 Å². The second kappa shape index (κ2) is 7.21. The van der Waals surface area contributed by atoms with Crippen LogP contribution >= 0.6 is 23.2 Å². The van der Waals surface area contributed by atoms with Crippen LogP contribution in [0.2, 0.25) is 10.0 Å². The summed E-state index contributed by atoms with van der Waals surface area (Å²) in [4.78, 5) is 0. The average Bonchev–Trinajstić information content (AvgIpc) is 2.47. The maximum atomic E-state index is 8.67. The van der Waals surface area contributed by atoms with Gasteiger partial charge in [0.15, 0.2) is 0 Å². The highest BCUT2D eigenvalue weighted by atomic mass is 35.5. The quantitative estimate of drug-likeness (QED) is 0.871. The van der Waals surface area contributed by atoms with E-state index in [1.54, 1.807) is 12.1 Å². The molecule has 2 nitrogen and oxygen atoms in total. The number of aliphatic hydroxyl groups is 1. The maximum Gasteiger partial charge on any atom is 0.121 e. The first kappa shape index (κ1) is 14.7. The monoisotopic (exact) mass is 306 g/mol. The van der Waals surface area contributed by atoms with Gasteiger partial charge >= 0.3 is 0 Å². The second-order valence-electron chi connectivity index (χ2n) is 3.99. The zero-order valence-electron chi connectivity index (χ0n) is 10.6. The van der Waals surface area contributed by atoms with Crippen molar-refractivity contribution in [2.45, 2.75) is 6.61 Å². The molecule has 102 valence electrons. The number of ether oxygens (including phenoxy) is 1. The lowest BCUT2D eigenvalue weighted by Gasteiger charge is -2.08. The zero-order valence-corrected chi connectivity index (χ0v) is 12.1. The molecule has 2 aromatic rings. The summed E-state index contributed by atoms with van der Waals surface area (Å²) in [7, 11) is 0. The molecule has 0 amide bonds. The number of hydrogen-bond acceptors (Lipinski definition) is 2. The van der Waals surface area contributed by atoms with Crippen LogP contribution in [0.4, 0.5) is 0 Å². The van der Waals surface area contributed by atoms with E-state index in [1.165, 1.54) is 0 Å². The molecule has 4 heteroatoms. The predicted octanol–water partition coefficient (Wildman–Crippen LogP) is 3.92. The summed E-state index contributed by atoms with van der Waals surface area (Å²) >= 11 is 12.0. The zero-order chi connectivity index (χ0) is 14.4. The van der Waals surface area contributed by atoms with E-state index in [0.717, 1.165) is 11.1 Å². The summed E-state index contributed by atoms with van der Waals surface area (Å²) in [5, 5.41) is 9.69. The smallest absolute Gasteiger partial charge is 0.121 e. The van der Waals surface area contributed by atoms with Crippen molar-refractivity contribution in [3.05, 3.63) is 63.6 Å². The number of aliphatic hydroxyl groups excluding tert-OH is 1. The Labute approximate surface area is 127 Å². The summed E-state index contributed by atoms with van der Waals surface area (Å²) in [5.74, 6) is 6.11. The predicted molar refractivity (Wildman–Crippen MR) is 81.2 cm³/mol. The Morgan fingerprint density at radius 3 is 2.70 bits per heavy atom. The first-order valence-electron chi connectivity index (χ1n) is 5.96. The van der Waals surface area contributed by atoms with Gasteiger partial charge in [-0.15, -0.1) is 0 Å². The second-order valence-corrected chi connectivity index (χ2v) is 4.77. The van der Waals surface area contributed by atoms with Gasteiger partial charge in [0.1, 0.15) is 19.0 Å². The number of halogens is 2. The first-order valence-corrected chi connectivity index (χ1v) is 6.72. The summed E-state index contributed by atoms with van der Waals surface area (Å²) < 4.78 is 5.68. The van der Waals surface area contributed by atoms with Crippen LogP contribution in [0.5, 0.6) is 5.75 Å². The third-order valence-electron chi connectivity index (χ3n) is 2.57. The molecule has 0 saturated carbocycles. The van der Waals surface area contributed by atoms with Crippen LogP contribution in [-0.4, -0.2) is 11.7 Å². The van der Waals surface area contributed by atoms with Crippen molar-refractivity contribution in [1.29, 1.82) is 0 Å². The summed E-state index contributed by atoms with van der Waals surface area (Å²) in [5.41, 5.74) is 1.61. The highest BCUT2D eigenvalue weighted by molar-refractivity contribution is 6.42. The fourth-order valence-electron chi connectivity index (χ4n) is 1.63. The topological polar surface area (TPSA) is 29.5 Å². The maximum absolute atomic E-state index is 8.67. The van der Waals surface area contributed by atoms with Crippen molar-refractivity contribution in [3.63, 3.8) is 0 Å². The van der Waals surface area contributed by atoms with Crippen LogP contribution in [0, 0.1) is 11.8 Å². The number of rotatable bonds is 3. The molecule has 0 bridgehead atoms. The SMILES string of the molecule is OCC#Cc1cccc(OCc2cccc(Cl)c2Cl)c1. The Kier molecular flexibility index (Phi) is 5.31. The minimum atomic E-state index is -0.163. The molecule has 0 spiro atoms. The van der Waals surface area contributed by atoms with Gasteiger partial charge in [0.25, 0.3) is 0 Å². The molecule has 20 heavy (non-hydrogen) atoms. The Morgan fingerprint density at radius 2 is 1.90 bits per heavy atom. The molecule has 0 aliphatic heterocycles. The van der Waals surface area contributed by atoms with E-state index in [0.29, 0.717) is 22.4 Å². The van der Waals surface area contributed by atoms with Crippen LogP contribution in [0.15, 0.2) is 42.5 Å². The van der Waals surface area contributed by atoms with E-state index in [-0.39, 0.29) is 6.61 Å². The van der Waals surface area contributed by atoms with Crippen LogP contribution in [0.1, 0.15) is 11.1 Å². The van der Waals surface area contributed by atoms with Crippen LogP contribution in [-0.2, 0) is 6.61 Å². The molecule has 0 radical (unpaired) electrons. The van der Waals surface area contributed by atoms with E-state index in [4.69, 9.17) is 33.0 Å². The van der Waals surface area contributed by atoms with Crippen LogP contribution in [0.25, 0.3) is 0 Å². The van der Waals surface area contributed by atoms with Crippen molar-refractivity contribution in [2.24, 2.45) is 0 Å². The van der Waals surface area contributed by atoms with E-state index in [1.807, 2.05) is 30.3 Å². The molecule has 0 saturated heterocycles. The van der Waals surface area contributed by atoms with Gasteiger partial charge in [-0.3, -0.25) is 0 Å². The van der Waals surface area contributed by atoms with Crippen molar-refractivity contribution in [3.8, 4) is 17.6 Å². The Hall–Kier alpha value is -1.66. The lowest BCUT2D eigenvalue weighted by molar-refractivity contribution is 0.306. The van der Waals surface area contributed by atoms with Gasteiger partial charge in [0.2, 0.25) is 0 Å². The lowest BCUT2D eigenvalue weighted by Crippen LogP contribution is -1.96. The normalized spacial score (nSPS) is 9.75. The van der Waals surface area contributed by atoms with Crippen molar-refractivity contribution in [1.82, 2.24) is 0 Å². The first-order chi connectivity index (χ1) is 9.70. The molecule has 0 fully saturated rings. The third-order valence-corrected chi connectivity index (χ3v) is 3.43. The van der Waals surface area contributed by atoms with Gasteiger partial charge in [-0.2, -0.15) is 0 Å². The van der Waals surface area contributed by atoms with Crippen LogP contribution in [0.3, 0.4) is 0 Å². The molecular weight excluding hydrogens is 295 g/mol. The molecule has 0 heterocycles. The minimum Gasteiger partial charge on any atom is -0.489 e. The van der Waals surface area contributed by atoms with Gasteiger partial charge in [0, 0.05) is 11.1 Å². The molecule has 1 N–H and O–H groups in total.